The van der Waals surface area contributed by atoms with Crippen molar-refractivity contribution in [3.63, 3.8) is 0 Å². The van der Waals surface area contributed by atoms with Crippen LogP contribution in [0.3, 0.4) is 0 Å². The van der Waals surface area contributed by atoms with Crippen molar-refractivity contribution in [1.29, 1.82) is 0 Å². The van der Waals surface area contributed by atoms with Crippen LogP contribution in [0.1, 0.15) is 12.5 Å². The Balaban J connectivity index is 1.75. The number of anilines is 2. The Hall–Kier alpha value is -3.72. The predicted molar refractivity (Wildman–Crippen MR) is 134 cm³/mol. The van der Waals surface area contributed by atoms with Crippen molar-refractivity contribution in [3.05, 3.63) is 72.3 Å². The minimum Gasteiger partial charge on any atom is -0.497 e. The van der Waals surface area contributed by atoms with Gasteiger partial charge in [0.25, 0.3) is 10.0 Å². The molecule has 0 saturated carbocycles. The van der Waals surface area contributed by atoms with Crippen LogP contribution in [-0.4, -0.2) is 48.2 Å². The number of carbonyl (C=O) groups is 1. The summed E-state index contributed by atoms with van der Waals surface area (Å²) >= 11 is 0. The molecule has 1 heterocycles. The smallest absolute Gasteiger partial charge is 0.264 e. The molecule has 0 saturated heterocycles. The topological polar surface area (TPSA) is 85.4 Å². The minimum absolute atomic E-state index is 0.0198. The molecule has 8 nitrogen and oxygen atoms in total. The zero-order chi connectivity index (χ0) is 25.2. The maximum Gasteiger partial charge on any atom is 0.264 e. The fraction of sp³-hybridized carbons (Fsp3) is 0.269. The zero-order valence-electron chi connectivity index (χ0n) is 20.1. The van der Waals surface area contributed by atoms with Gasteiger partial charge in [0.05, 0.1) is 31.9 Å². The van der Waals surface area contributed by atoms with Crippen LogP contribution >= 0.6 is 0 Å². The fourth-order valence-corrected chi connectivity index (χ4v) is 5.74. The number of nitrogens with zero attached hydrogens (tertiary/aromatic N) is 2. The number of benzene rings is 3. The number of hydrogen-bond donors (Lipinski definition) is 0. The van der Waals surface area contributed by atoms with E-state index in [9.17, 15) is 13.2 Å². The number of hydrogen-bond acceptors (Lipinski definition) is 6. The largest absolute Gasteiger partial charge is 0.497 e. The number of methoxy groups -OCH3 is 3. The molecule has 0 aliphatic carbocycles. The van der Waals surface area contributed by atoms with Gasteiger partial charge in [-0.2, -0.15) is 0 Å². The highest BCUT2D eigenvalue weighted by molar-refractivity contribution is 7.92. The van der Waals surface area contributed by atoms with Crippen LogP contribution in [0, 0.1) is 0 Å². The number of amides is 1. The first-order valence-electron chi connectivity index (χ1n) is 11.1. The summed E-state index contributed by atoms with van der Waals surface area (Å²) in [4.78, 5) is 15.2. The molecule has 4 rings (SSSR count). The lowest BCUT2D eigenvalue weighted by molar-refractivity contribution is -0.117. The van der Waals surface area contributed by atoms with Gasteiger partial charge in [0.2, 0.25) is 5.91 Å². The SMILES string of the molecule is COc1ccc(N(CC(=O)N2c3ccccc3C[C@H]2C)S(=O)(=O)c2ccc(OC)c(OC)c2)cc1. The molecule has 1 atom stereocenters. The molecular weight excluding hydrogens is 468 g/mol. The second-order valence-electron chi connectivity index (χ2n) is 8.17. The number of fused-ring (bicyclic) bond motifs is 1. The van der Waals surface area contributed by atoms with Crippen molar-refractivity contribution < 1.29 is 27.4 Å². The van der Waals surface area contributed by atoms with Gasteiger partial charge < -0.3 is 19.1 Å². The van der Waals surface area contributed by atoms with Crippen LogP contribution in [0.25, 0.3) is 0 Å². The quantitative estimate of drug-likeness (QED) is 0.471. The van der Waals surface area contributed by atoms with Crippen LogP contribution in [0.4, 0.5) is 11.4 Å². The summed E-state index contributed by atoms with van der Waals surface area (Å²) in [5, 5.41) is 0. The van der Waals surface area contributed by atoms with Gasteiger partial charge in [-0.15, -0.1) is 0 Å². The molecule has 1 aliphatic rings. The highest BCUT2D eigenvalue weighted by atomic mass is 32.2. The van der Waals surface area contributed by atoms with Crippen molar-refractivity contribution in [2.75, 3.05) is 37.1 Å². The summed E-state index contributed by atoms with van der Waals surface area (Å²) in [5.74, 6) is 0.936. The summed E-state index contributed by atoms with van der Waals surface area (Å²) in [6.45, 7) is 1.58. The Kier molecular flexibility index (Phi) is 6.88. The van der Waals surface area contributed by atoms with E-state index in [1.807, 2.05) is 31.2 Å². The highest BCUT2D eigenvalue weighted by Crippen LogP contribution is 2.35. The number of rotatable bonds is 8. The van der Waals surface area contributed by atoms with Crippen molar-refractivity contribution >= 4 is 27.3 Å². The third-order valence-corrected chi connectivity index (χ3v) is 7.83. The Morgan fingerprint density at radius 2 is 1.63 bits per heavy atom. The fourth-order valence-electron chi connectivity index (χ4n) is 4.31. The summed E-state index contributed by atoms with van der Waals surface area (Å²) < 4.78 is 44.6. The van der Waals surface area contributed by atoms with Crippen LogP contribution < -0.4 is 23.4 Å². The minimum atomic E-state index is -4.14. The zero-order valence-corrected chi connectivity index (χ0v) is 20.9. The molecule has 3 aromatic carbocycles. The van der Waals surface area contributed by atoms with E-state index >= 15 is 0 Å². The van der Waals surface area contributed by atoms with Crippen LogP contribution in [-0.2, 0) is 21.2 Å². The van der Waals surface area contributed by atoms with Crippen molar-refractivity contribution in [2.24, 2.45) is 0 Å². The molecule has 1 amide bonds. The second-order valence-corrected chi connectivity index (χ2v) is 10.0. The van der Waals surface area contributed by atoms with E-state index in [4.69, 9.17) is 14.2 Å². The summed E-state index contributed by atoms with van der Waals surface area (Å²) in [5.41, 5.74) is 2.21. The van der Waals surface area contributed by atoms with Gasteiger partial charge in [-0.25, -0.2) is 8.42 Å². The lowest BCUT2D eigenvalue weighted by Crippen LogP contribution is -2.45. The van der Waals surface area contributed by atoms with Gasteiger partial charge in [0, 0.05) is 17.8 Å². The van der Waals surface area contributed by atoms with E-state index < -0.39 is 10.0 Å². The molecule has 3 aromatic rings. The molecule has 184 valence electrons. The third kappa shape index (κ3) is 4.64. The molecule has 0 N–H and O–H groups in total. The maximum absolute atomic E-state index is 13.9. The number of carbonyl (C=O) groups excluding carboxylic acids is 1. The van der Waals surface area contributed by atoms with Gasteiger partial charge in [0.1, 0.15) is 12.3 Å². The lowest BCUT2D eigenvalue weighted by atomic mass is 10.1. The molecule has 0 unspecified atom stereocenters. The normalized spacial score (nSPS) is 14.9. The van der Waals surface area contributed by atoms with Crippen LogP contribution in [0.5, 0.6) is 17.2 Å². The van der Waals surface area contributed by atoms with Crippen molar-refractivity contribution in [3.8, 4) is 17.2 Å². The molecular formula is C26H28N2O6S. The van der Waals surface area contributed by atoms with E-state index in [-0.39, 0.29) is 29.1 Å². The Morgan fingerprint density at radius 1 is 0.943 bits per heavy atom. The molecule has 1 aliphatic heterocycles. The van der Waals surface area contributed by atoms with Crippen molar-refractivity contribution in [2.45, 2.75) is 24.3 Å². The predicted octanol–water partition coefficient (Wildman–Crippen LogP) is 3.89. The average molecular weight is 497 g/mol. The van der Waals surface area contributed by atoms with Gasteiger partial charge >= 0.3 is 0 Å². The first-order chi connectivity index (χ1) is 16.8. The number of sulfonamides is 1. The molecule has 0 bridgehead atoms. The molecule has 9 heteroatoms. The lowest BCUT2D eigenvalue weighted by Gasteiger charge is -2.29. The van der Waals surface area contributed by atoms with Gasteiger partial charge in [-0.3, -0.25) is 9.10 Å². The number of para-hydroxylation sites is 1. The molecule has 35 heavy (non-hydrogen) atoms. The Bertz CT molecular complexity index is 1320. The van der Waals surface area contributed by atoms with E-state index in [2.05, 4.69) is 0 Å². The van der Waals surface area contributed by atoms with E-state index in [0.717, 1.165) is 15.6 Å². The maximum atomic E-state index is 13.9. The third-order valence-electron chi connectivity index (χ3n) is 6.06. The number of ether oxygens (including phenoxy) is 3. The van der Waals surface area contributed by atoms with E-state index in [0.29, 0.717) is 23.6 Å². The first-order valence-corrected chi connectivity index (χ1v) is 12.5. The van der Waals surface area contributed by atoms with Crippen LogP contribution in [0.15, 0.2) is 71.6 Å². The highest BCUT2D eigenvalue weighted by Gasteiger charge is 2.35. The van der Waals surface area contributed by atoms with E-state index in [1.165, 1.54) is 39.5 Å². The first kappa shape index (κ1) is 24.4. The summed E-state index contributed by atoms with van der Waals surface area (Å²) in [7, 11) is 0.301. The standard InChI is InChI=1S/C26H28N2O6S/c1-18-15-19-7-5-6-8-23(19)28(18)26(29)17-27(20-9-11-21(32-2)12-10-20)35(30,31)22-13-14-24(33-3)25(16-22)34-4/h5-14,16,18H,15,17H2,1-4H3/t18-/m1/s1. The van der Waals surface area contributed by atoms with Gasteiger partial charge in [-0.05, 0) is 61.4 Å². The molecule has 0 aromatic heterocycles. The van der Waals surface area contributed by atoms with Crippen molar-refractivity contribution in [1.82, 2.24) is 0 Å². The Labute approximate surface area is 205 Å². The average Bonchev–Trinajstić information content (AvgIpc) is 3.22. The molecule has 0 radical (unpaired) electrons. The van der Waals surface area contributed by atoms with Crippen LogP contribution in [0.2, 0.25) is 0 Å². The Morgan fingerprint density at radius 3 is 2.29 bits per heavy atom. The molecule has 0 spiro atoms. The molecule has 0 fully saturated rings. The van der Waals surface area contributed by atoms with Gasteiger partial charge in [0.15, 0.2) is 11.5 Å². The van der Waals surface area contributed by atoms with E-state index in [1.54, 1.807) is 29.2 Å². The van der Waals surface area contributed by atoms with Gasteiger partial charge in [-0.1, -0.05) is 18.2 Å². The monoisotopic (exact) mass is 496 g/mol. The summed E-state index contributed by atoms with van der Waals surface area (Å²) in [6.07, 6.45) is 0.715. The summed E-state index contributed by atoms with van der Waals surface area (Å²) in [6, 6.07) is 18.5. The second kappa shape index (κ2) is 9.87.